The minimum atomic E-state index is 0.512. The molecule has 1 N–H and O–H groups in total. The van der Waals surface area contributed by atoms with Gasteiger partial charge in [0.05, 0.1) is 0 Å². The Morgan fingerprint density at radius 1 is 0.800 bits per heavy atom. The minimum Gasteiger partial charge on any atom is -0.314 e. The van der Waals surface area contributed by atoms with E-state index in [2.05, 4.69) is 46.9 Å². The Labute approximate surface area is 128 Å². The second-order valence-electron chi connectivity index (χ2n) is 9.24. The third-order valence-electron chi connectivity index (χ3n) is 4.99. The molecular formula is C19H39N. The average Bonchev–Trinajstić information content (AvgIpc) is 2.32. The molecule has 1 heteroatoms. The maximum Gasteiger partial charge on any atom is 0.00672 e. The topological polar surface area (TPSA) is 12.0 Å². The molecule has 0 aliphatic heterocycles. The van der Waals surface area contributed by atoms with Crippen LogP contribution >= 0.6 is 0 Å². The van der Waals surface area contributed by atoms with Gasteiger partial charge in [0.1, 0.15) is 0 Å². The van der Waals surface area contributed by atoms with Crippen molar-refractivity contribution in [1.82, 2.24) is 5.32 Å². The highest BCUT2D eigenvalue weighted by Crippen LogP contribution is 2.37. The van der Waals surface area contributed by atoms with E-state index < -0.39 is 0 Å². The molecule has 0 spiro atoms. The fraction of sp³-hybridized carbons (Fsp3) is 1.00. The Kier molecular flexibility index (Phi) is 7.04. The van der Waals surface area contributed by atoms with Gasteiger partial charge in [-0.3, -0.25) is 0 Å². The summed E-state index contributed by atoms with van der Waals surface area (Å²) in [6.07, 6.45) is 11.1. The molecular weight excluding hydrogens is 242 g/mol. The van der Waals surface area contributed by atoms with E-state index in [1.54, 1.807) is 0 Å². The lowest BCUT2D eigenvalue weighted by Gasteiger charge is -2.37. The van der Waals surface area contributed by atoms with E-state index in [9.17, 15) is 0 Å². The SMILES string of the molecule is CC(C)(C)CCCCCNC1CCC(C(C)(C)C)CC1. The number of nitrogens with one attached hydrogen (secondary N) is 1. The first-order valence-corrected chi connectivity index (χ1v) is 8.92. The highest BCUT2D eigenvalue weighted by atomic mass is 14.9. The van der Waals surface area contributed by atoms with Crippen molar-refractivity contribution in [2.24, 2.45) is 16.7 Å². The Morgan fingerprint density at radius 2 is 1.40 bits per heavy atom. The summed E-state index contributed by atoms with van der Waals surface area (Å²) in [7, 11) is 0. The maximum absolute atomic E-state index is 3.79. The first-order chi connectivity index (χ1) is 9.18. The summed E-state index contributed by atoms with van der Waals surface area (Å²) in [6, 6.07) is 0.802. The Balaban J connectivity index is 2.02. The molecule has 0 saturated heterocycles. The monoisotopic (exact) mass is 281 g/mol. The molecule has 1 fully saturated rings. The van der Waals surface area contributed by atoms with Crippen molar-refractivity contribution in [3.63, 3.8) is 0 Å². The van der Waals surface area contributed by atoms with Gasteiger partial charge in [-0.2, -0.15) is 0 Å². The van der Waals surface area contributed by atoms with Gasteiger partial charge in [-0.05, 0) is 61.8 Å². The van der Waals surface area contributed by atoms with Gasteiger partial charge in [-0.1, -0.05) is 54.4 Å². The summed E-state index contributed by atoms with van der Waals surface area (Å²) >= 11 is 0. The van der Waals surface area contributed by atoms with Crippen molar-refractivity contribution in [3.8, 4) is 0 Å². The van der Waals surface area contributed by atoms with Crippen molar-refractivity contribution < 1.29 is 0 Å². The van der Waals surface area contributed by atoms with E-state index in [1.165, 1.54) is 57.9 Å². The molecule has 120 valence electrons. The first kappa shape index (κ1) is 18.0. The van der Waals surface area contributed by atoms with Crippen LogP contribution in [0.3, 0.4) is 0 Å². The number of hydrogen-bond acceptors (Lipinski definition) is 1. The normalized spacial score (nSPS) is 24.9. The molecule has 20 heavy (non-hydrogen) atoms. The van der Waals surface area contributed by atoms with Crippen LogP contribution in [0.1, 0.15) is 92.9 Å². The number of rotatable bonds is 6. The van der Waals surface area contributed by atoms with Crippen LogP contribution in [0.15, 0.2) is 0 Å². The Bertz CT molecular complexity index is 248. The van der Waals surface area contributed by atoms with Crippen LogP contribution in [0.4, 0.5) is 0 Å². The van der Waals surface area contributed by atoms with Crippen LogP contribution in [0.5, 0.6) is 0 Å². The third-order valence-corrected chi connectivity index (χ3v) is 4.99. The van der Waals surface area contributed by atoms with Gasteiger partial charge < -0.3 is 5.32 Å². The van der Waals surface area contributed by atoms with Gasteiger partial charge in [0, 0.05) is 6.04 Å². The predicted octanol–water partition coefficient (Wildman–Crippen LogP) is 5.79. The summed E-state index contributed by atoms with van der Waals surface area (Å²) in [4.78, 5) is 0. The van der Waals surface area contributed by atoms with Crippen molar-refractivity contribution in [1.29, 1.82) is 0 Å². The van der Waals surface area contributed by atoms with Crippen LogP contribution in [-0.2, 0) is 0 Å². The standard InChI is InChI=1S/C19H39N/c1-18(2,3)14-8-7-9-15-20-17-12-10-16(11-13-17)19(4,5)6/h16-17,20H,7-15H2,1-6H3. The molecule has 1 rings (SSSR count). The Morgan fingerprint density at radius 3 is 1.90 bits per heavy atom. The summed E-state index contributed by atoms with van der Waals surface area (Å²) in [5.74, 6) is 0.937. The fourth-order valence-electron chi connectivity index (χ4n) is 3.43. The molecule has 0 heterocycles. The minimum absolute atomic E-state index is 0.512. The average molecular weight is 282 g/mol. The first-order valence-electron chi connectivity index (χ1n) is 8.92. The van der Waals surface area contributed by atoms with Crippen LogP contribution in [0, 0.1) is 16.7 Å². The van der Waals surface area contributed by atoms with E-state index in [0.717, 1.165) is 12.0 Å². The largest absolute Gasteiger partial charge is 0.314 e. The summed E-state index contributed by atoms with van der Waals surface area (Å²) in [6.45, 7) is 15.5. The van der Waals surface area contributed by atoms with Gasteiger partial charge in [-0.15, -0.1) is 0 Å². The zero-order valence-corrected chi connectivity index (χ0v) is 15.0. The summed E-state index contributed by atoms with van der Waals surface area (Å²) < 4.78 is 0. The number of unbranched alkanes of at least 4 members (excludes halogenated alkanes) is 2. The van der Waals surface area contributed by atoms with E-state index in [4.69, 9.17) is 0 Å². The molecule has 0 radical (unpaired) electrons. The zero-order chi connectivity index (χ0) is 15.2. The van der Waals surface area contributed by atoms with Crippen molar-refractivity contribution in [2.45, 2.75) is 99.0 Å². The second-order valence-corrected chi connectivity index (χ2v) is 9.24. The molecule has 1 saturated carbocycles. The van der Waals surface area contributed by atoms with Crippen molar-refractivity contribution in [3.05, 3.63) is 0 Å². The maximum atomic E-state index is 3.79. The molecule has 0 aromatic carbocycles. The zero-order valence-electron chi connectivity index (χ0n) is 15.0. The third kappa shape index (κ3) is 7.67. The van der Waals surface area contributed by atoms with Gasteiger partial charge in [-0.25, -0.2) is 0 Å². The van der Waals surface area contributed by atoms with Gasteiger partial charge in [0.25, 0.3) is 0 Å². The molecule has 1 aliphatic rings. The molecule has 0 unspecified atom stereocenters. The van der Waals surface area contributed by atoms with Crippen LogP contribution < -0.4 is 5.32 Å². The molecule has 0 aromatic heterocycles. The predicted molar refractivity (Wildman–Crippen MR) is 91.1 cm³/mol. The van der Waals surface area contributed by atoms with Gasteiger partial charge in [0.2, 0.25) is 0 Å². The lowest BCUT2D eigenvalue weighted by molar-refractivity contribution is 0.160. The summed E-state index contributed by atoms with van der Waals surface area (Å²) in [5, 5.41) is 3.79. The van der Waals surface area contributed by atoms with E-state index in [0.29, 0.717) is 10.8 Å². The molecule has 0 aromatic rings. The lowest BCUT2D eigenvalue weighted by Crippen LogP contribution is -2.36. The molecule has 1 aliphatic carbocycles. The smallest absolute Gasteiger partial charge is 0.00672 e. The van der Waals surface area contributed by atoms with E-state index >= 15 is 0 Å². The second kappa shape index (κ2) is 7.82. The molecule has 0 atom stereocenters. The Hall–Kier alpha value is -0.0400. The highest BCUT2D eigenvalue weighted by Gasteiger charge is 2.29. The quantitative estimate of drug-likeness (QED) is 0.608. The molecule has 1 nitrogen and oxygen atoms in total. The van der Waals surface area contributed by atoms with Crippen molar-refractivity contribution in [2.75, 3.05) is 6.54 Å². The van der Waals surface area contributed by atoms with E-state index in [-0.39, 0.29) is 0 Å². The molecule has 0 bridgehead atoms. The fourth-order valence-corrected chi connectivity index (χ4v) is 3.43. The van der Waals surface area contributed by atoms with Crippen molar-refractivity contribution >= 4 is 0 Å². The number of hydrogen-bond donors (Lipinski definition) is 1. The lowest BCUT2D eigenvalue weighted by atomic mass is 9.71. The highest BCUT2D eigenvalue weighted by molar-refractivity contribution is 4.83. The van der Waals surface area contributed by atoms with Crippen LogP contribution in [-0.4, -0.2) is 12.6 Å². The van der Waals surface area contributed by atoms with Crippen LogP contribution in [0.25, 0.3) is 0 Å². The van der Waals surface area contributed by atoms with E-state index in [1.807, 2.05) is 0 Å². The van der Waals surface area contributed by atoms with Gasteiger partial charge >= 0.3 is 0 Å². The summed E-state index contributed by atoms with van der Waals surface area (Å²) in [5.41, 5.74) is 1.02. The van der Waals surface area contributed by atoms with Crippen LogP contribution in [0.2, 0.25) is 0 Å². The molecule has 0 amide bonds. The van der Waals surface area contributed by atoms with Gasteiger partial charge in [0.15, 0.2) is 0 Å².